The average Bonchev–Trinajstić information content (AvgIpc) is 3.06. The number of benzene rings is 2. The van der Waals surface area contributed by atoms with Gasteiger partial charge in [0.15, 0.2) is 6.29 Å². The molecule has 7 heteroatoms. The van der Waals surface area contributed by atoms with E-state index in [0.717, 1.165) is 31.1 Å². The molecule has 3 aromatic rings. The van der Waals surface area contributed by atoms with Crippen LogP contribution >= 0.6 is 11.6 Å². The second-order valence-electron chi connectivity index (χ2n) is 6.71. The quantitative estimate of drug-likeness (QED) is 0.654. The van der Waals surface area contributed by atoms with Crippen LogP contribution in [0.2, 0.25) is 5.02 Å². The number of halogens is 1. The minimum atomic E-state index is -3.56. The third kappa shape index (κ3) is 3.29. The van der Waals surface area contributed by atoms with Gasteiger partial charge in [-0.15, -0.1) is 0 Å². The van der Waals surface area contributed by atoms with Gasteiger partial charge in [-0.1, -0.05) is 30.2 Å². The Kier molecular flexibility index (Phi) is 4.80. The summed E-state index contributed by atoms with van der Waals surface area (Å²) in [6, 6.07) is 12.1. The molecule has 5 nitrogen and oxygen atoms in total. The van der Waals surface area contributed by atoms with Crippen LogP contribution < -0.4 is 0 Å². The number of carbonyl (C=O) groups is 1. The van der Waals surface area contributed by atoms with Gasteiger partial charge in [-0.3, -0.25) is 4.79 Å². The molecular formula is C20H19ClN2O3S. The number of aromatic nitrogens is 1. The Bertz CT molecular complexity index is 1120. The van der Waals surface area contributed by atoms with Crippen LogP contribution in [0.4, 0.5) is 0 Å². The van der Waals surface area contributed by atoms with Crippen LogP contribution in [0, 0.1) is 0 Å². The molecule has 1 saturated heterocycles. The zero-order valence-electron chi connectivity index (χ0n) is 14.6. The third-order valence-corrected chi connectivity index (χ3v) is 7.12. The highest BCUT2D eigenvalue weighted by Crippen LogP contribution is 2.32. The number of rotatable bonds is 4. The second kappa shape index (κ2) is 7.11. The molecule has 27 heavy (non-hydrogen) atoms. The molecule has 1 aliphatic rings. The normalized spacial score (nSPS) is 15.9. The molecule has 0 unspecified atom stereocenters. The number of H-pyrrole nitrogens is 1. The number of nitrogens with zero attached hydrogens (tertiary/aromatic N) is 1. The van der Waals surface area contributed by atoms with Crippen molar-refractivity contribution in [3.8, 4) is 11.3 Å². The van der Waals surface area contributed by atoms with Gasteiger partial charge in [-0.05, 0) is 43.2 Å². The van der Waals surface area contributed by atoms with Gasteiger partial charge >= 0.3 is 0 Å². The van der Waals surface area contributed by atoms with Crippen molar-refractivity contribution in [3.63, 3.8) is 0 Å². The summed E-state index contributed by atoms with van der Waals surface area (Å²) in [6.07, 6.45) is 3.57. The Morgan fingerprint density at radius 1 is 1.04 bits per heavy atom. The number of fused-ring (bicyclic) bond motifs is 1. The number of aldehydes is 1. The molecule has 0 bridgehead atoms. The Labute approximate surface area is 163 Å². The number of hydrogen-bond acceptors (Lipinski definition) is 3. The topological polar surface area (TPSA) is 70.2 Å². The number of hydrogen-bond donors (Lipinski definition) is 1. The van der Waals surface area contributed by atoms with Crippen molar-refractivity contribution in [2.45, 2.75) is 24.2 Å². The van der Waals surface area contributed by atoms with Crippen molar-refractivity contribution in [1.29, 1.82) is 0 Å². The first-order chi connectivity index (χ1) is 13.0. The van der Waals surface area contributed by atoms with Crippen LogP contribution in [0.15, 0.2) is 47.4 Å². The molecule has 2 aromatic carbocycles. The molecule has 0 spiro atoms. The molecular weight excluding hydrogens is 384 g/mol. The van der Waals surface area contributed by atoms with Crippen molar-refractivity contribution in [2.24, 2.45) is 0 Å². The monoisotopic (exact) mass is 402 g/mol. The molecule has 1 fully saturated rings. The van der Waals surface area contributed by atoms with Crippen LogP contribution in [0.5, 0.6) is 0 Å². The highest BCUT2D eigenvalue weighted by atomic mass is 35.5. The molecule has 140 valence electrons. The van der Waals surface area contributed by atoms with Crippen LogP contribution in [0.25, 0.3) is 22.2 Å². The van der Waals surface area contributed by atoms with Gasteiger partial charge in [-0.25, -0.2) is 8.42 Å². The van der Waals surface area contributed by atoms with E-state index < -0.39 is 10.0 Å². The molecule has 1 aliphatic heterocycles. The highest BCUT2D eigenvalue weighted by molar-refractivity contribution is 7.89. The maximum atomic E-state index is 13.0. The summed E-state index contributed by atoms with van der Waals surface area (Å²) in [5.74, 6) is 0. The van der Waals surface area contributed by atoms with Gasteiger partial charge in [0.25, 0.3) is 0 Å². The zero-order chi connectivity index (χ0) is 19.0. The number of sulfonamides is 1. The Morgan fingerprint density at radius 2 is 1.81 bits per heavy atom. The summed E-state index contributed by atoms with van der Waals surface area (Å²) in [5, 5.41) is 1.16. The minimum absolute atomic E-state index is 0.219. The predicted molar refractivity (Wildman–Crippen MR) is 107 cm³/mol. The molecule has 2 heterocycles. The second-order valence-corrected chi connectivity index (χ2v) is 9.09. The largest absolute Gasteiger partial charge is 0.354 e. The van der Waals surface area contributed by atoms with Gasteiger partial charge in [0.2, 0.25) is 10.0 Å². The Hall–Kier alpha value is -2.15. The molecule has 0 amide bonds. The summed E-state index contributed by atoms with van der Waals surface area (Å²) < 4.78 is 27.5. The smallest absolute Gasteiger partial charge is 0.243 e. The lowest BCUT2D eigenvalue weighted by atomic mass is 10.1. The van der Waals surface area contributed by atoms with E-state index in [9.17, 15) is 13.2 Å². The van der Waals surface area contributed by atoms with Gasteiger partial charge in [0.1, 0.15) is 0 Å². The lowest BCUT2D eigenvalue weighted by Gasteiger charge is -2.25. The molecule has 0 radical (unpaired) electrons. The first-order valence-electron chi connectivity index (χ1n) is 8.88. The van der Waals surface area contributed by atoms with Crippen molar-refractivity contribution in [3.05, 3.63) is 53.1 Å². The van der Waals surface area contributed by atoms with E-state index in [1.54, 1.807) is 30.3 Å². The molecule has 0 saturated carbocycles. The van der Waals surface area contributed by atoms with E-state index in [0.29, 0.717) is 40.3 Å². The SMILES string of the molecule is O=Cc1c(-c2cccc(Cl)c2)[nH]c2ccc(S(=O)(=O)N3CCCCC3)cc12. The fraction of sp³-hybridized carbons (Fsp3) is 0.250. The fourth-order valence-electron chi connectivity index (χ4n) is 3.60. The summed E-state index contributed by atoms with van der Waals surface area (Å²) in [4.78, 5) is 15.2. The van der Waals surface area contributed by atoms with E-state index in [4.69, 9.17) is 11.6 Å². The van der Waals surface area contributed by atoms with Crippen LogP contribution in [-0.2, 0) is 10.0 Å². The number of nitrogens with one attached hydrogen (secondary N) is 1. The lowest BCUT2D eigenvalue weighted by molar-refractivity contribution is 0.112. The summed E-state index contributed by atoms with van der Waals surface area (Å²) in [6.45, 7) is 1.09. The number of carbonyl (C=O) groups excluding carboxylic acids is 1. The van der Waals surface area contributed by atoms with Crippen molar-refractivity contribution in [1.82, 2.24) is 9.29 Å². The third-order valence-electron chi connectivity index (χ3n) is 4.99. The van der Waals surface area contributed by atoms with Crippen molar-refractivity contribution >= 4 is 38.8 Å². The van der Waals surface area contributed by atoms with Gasteiger partial charge in [0, 0.05) is 40.1 Å². The Morgan fingerprint density at radius 3 is 2.52 bits per heavy atom. The van der Waals surface area contributed by atoms with Crippen molar-refractivity contribution < 1.29 is 13.2 Å². The van der Waals surface area contributed by atoms with Crippen LogP contribution in [0.3, 0.4) is 0 Å². The first-order valence-corrected chi connectivity index (χ1v) is 10.7. The summed E-state index contributed by atoms with van der Waals surface area (Å²) >= 11 is 6.07. The van der Waals surface area contributed by atoms with Gasteiger partial charge in [-0.2, -0.15) is 4.31 Å². The molecule has 1 aromatic heterocycles. The molecule has 0 atom stereocenters. The van der Waals surface area contributed by atoms with E-state index in [2.05, 4.69) is 4.98 Å². The van der Waals surface area contributed by atoms with Gasteiger partial charge < -0.3 is 4.98 Å². The summed E-state index contributed by atoms with van der Waals surface area (Å²) in [5.41, 5.74) is 2.56. The van der Waals surface area contributed by atoms with E-state index in [1.807, 2.05) is 12.1 Å². The fourth-order valence-corrected chi connectivity index (χ4v) is 5.33. The number of piperidine rings is 1. The van der Waals surface area contributed by atoms with E-state index in [-0.39, 0.29) is 4.90 Å². The predicted octanol–water partition coefficient (Wildman–Crippen LogP) is 4.48. The maximum Gasteiger partial charge on any atom is 0.243 e. The molecule has 4 rings (SSSR count). The highest BCUT2D eigenvalue weighted by Gasteiger charge is 2.26. The minimum Gasteiger partial charge on any atom is -0.354 e. The molecule has 0 aliphatic carbocycles. The lowest BCUT2D eigenvalue weighted by Crippen LogP contribution is -2.35. The first kappa shape index (κ1) is 18.2. The standard InChI is InChI=1S/C20H19ClN2O3S/c21-15-6-4-5-14(11-15)20-18(13-24)17-12-16(7-8-19(17)22-20)27(25,26)23-9-2-1-3-10-23/h4-8,11-13,22H,1-3,9-10H2. The van der Waals surface area contributed by atoms with E-state index in [1.165, 1.54) is 4.31 Å². The molecule has 1 N–H and O–H groups in total. The van der Waals surface area contributed by atoms with Crippen LogP contribution in [0.1, 0.15) is 29.6 Å². The zero-order valence-corrected chi connectivity index (χ0v) is 16.2. The maximum absolute atomic E-state index is 13.0. The Balaban J connectivity index is 1.84. The van der Waals surface area contributed by atoms with E-state index >= 15 is 0 Å². The van der Waals surface area contributed by atoms with Crippen LogP contribution in [-0.4, -0.2) is 37.1 Å². The van der Waals surface area contributed by atoms with Crippen molar-refractivity contribution in [2.75, 3.05) is 13.1 Å². The van der Waals surface area contributed by atoms with Gasteiger partial charge in [0.05, 0.1) is 10.6 Å². The average molecular weight is 403 g/mol. The summed E-state index contributed by atoms with van der Waals surface area (Å²) in [7, 11) is -3.56. The number of aromatic amines is 1.